The van der Waals surface area contributed by atoms with E-state index in [9.17, 15) is 4.79 Å². The third-order valence-electron chi connectivity index (χ3n) is 4.74. The lowest BCUT2D eigenvalue weighted by atomic mass is 10.00. The molecule has 1 N–H and O–H groups in total. The van der Waals surface area contributed by atoms with E-state index in [0.717, 1.165) is 44.6 Å². The Balaban J connectivity index is 0.00000264. The normalized spacial score (nSPS) is 16.2. The molecule has 0 aromatic heterocycles. The molecule has 1 heterocycles. The minimum Gasteiger partial charge on any atom is -0.341 e. The largest absolute Gasteiger partial charge is 0.341 e. The average Bonchev–Trinajstić information content (AvgIpc) is 2.60. The van der Waals surface area contributed by atoms with E-state index in [-0.39, 0.29) is 36.8 Å². The van der Waals surface area contributed by atoms with E-state index >= 15 is 0 Å². The summed E-state index contributed by atoms with van der Waals surface area (Å²) >= 11 is 0. The number of likely N-dealkylation sites (N-methyl/N-ethyl adjacent to an activating group) is 1. The molecule has 1 aromatic rings. The van der Waals surface area contributed by atoms with Crippen LogP contribution in [0.25, 0.3) is 0 Å². The predicted molar refractivity (Wildman–Crippen MR) is 105 cm³/mol. The third kappa shape index (κ3) is 5.62. The van der Waals surface area contributed by atoms with Crippen molar-refractivity contribution in [3.8, 4) is 0 Å². The summed E-state index contributed by atoms with van der Waals surface area (Å²) in [6.07, 6.45) is 2.09. The number of hydrogen-bond donors (Lipinski definition) is 1. The number of nitrogens with one attached hydrogen (secondary N) is 1. The van der Waals surface area contributed by atoms with Gasteiger partial charge in [-0.3, -0.25) is 9.69 Å². The molecule has 0 radical (unpaired) electrons. The van der Waals surface area contributed by atoms with Crippen molar-refractivity contribution in [1.29, 1.82) is 0 Å². The van der Waals surface area contributed by atoms with Crippen LogP contribution in [-0.4, -0.2) is 55.0 Å². The molecule has 4 nitrogen and oxygen atoms in total. The molecule has 2 rings (SSSR count). The van der Waals surface area contributed by atoms with Crippen molar-refractivity contribution in [3.63, 3.8) is 0 Å². The first-order valence-electron chi connectivity index (χ1n) is 8.46. The molecule has 1 fully saturated rings. The maximum atomic E-state index is 13.1. The van der Waals surface area contributed by atoms with Crippen LogP contribution in [0.4, 0.5) is 0 Å². The van der Waals surface area contributed by atoms with E-state index < -0.39 is 0 Å². The molecule has 1 saturated heterocycles. The second-order valence-corrected chi connectivity index (χ2v) is 5.92. The van der Waals surface area contributed by atoms with Crippen LogP contribution in [0.15, 0.2) is 30.3 Å². The van der Waals surface area contributed by atoms with Gasteiger partial charge in [0.05, 0.1) is 0 Å². The fourth-order valence-corrected chi connectivity index (χ4v) is 3.30. The number of nitrogens with zero attached hydrogens (tertiary/aromatic N) is 2. The van der Waals surface area contributed by atoms with Gasteiger partial charge in [0.15, 0.2) is 0 Å². The molecule has 1 unspecified atom stereocenters. The van der Waals surface area contributed by atoms with E-state index in [1.807, 2.05) is 30.1 Å². The van der Waals surface area contributed by atoms with Crippen molar-refractivity contribution in [2.45, 2.75) is 38.8 Å². The van der Waals surface area contributed by atoms with Crippen LogP contribution in [0.2, 0.25) is 0 Å². The van der Waals surface area contributed by atoms with Gasteiger partial charge in [0.25, 0.3) is 0 Å². The van der Waals surface area contributed by atoms with Gasteiger partial charge < -0.3 is 10.2 Å². The SMILES string of the molecule is CCN(CC)C(C(=O)N1CCC(NC)CC1)c1ccccc1.Cl.Cl. The van der Waals surface area contributed by atoms with Gasteiger partial charge in [0, 0.05) is 19.1 Å². The Labute approximate surface area is 158 Å². The van der Waals surface area contributed by atoms with Gasteiger partial charge in [-0.25, -0.2) is 0 Å². The van der Waals surface area contributed by atoms with Crippen LogP contribution in [0.5, 0.6) is 0 Å². The highest BCUT2D eigenvalue weighted by atomic mass is 35.5. The predicted octanol–water partition coefficient (Wildman–Crippen LogP) is 3.12. The minimum atomic E-state index is -0.151. The molecule has 138 valence electrons. The molecular formula is C18H31Cl2N3O. The molecule has 1 aliphatic heterocycles. The third-order valence-corrected chi connectivity index (χ3v) is 4.74. The molecular weight excluding hydrogens is 345 g/mol. The number of benzene rings is 1. The van der Waals surface area contributed by atoms with Gasteiger partial charge in [-0.2, -0.15) is 0 Å². The zero-order valence-electron chi connectivity index (χ0n) is 14.9. The van der Waals surface area contributed by atoms with Gasteiger partial charge in [-0.05, 0) is 38.5 Å². The Kier molecular flexibility index (Phi) is 11.3. The lowest BCUT2D eigenvalue weighted by molar-refractivity contribution is -0.138. The van der Waals surface area contributed by atoms with Crippen molar-refractivity contribution >= 4 is 30.7 Å². The molecule has 0 bridgehead atoms. The maximum absolute atomic E-state index is 13.1. The number of carbonyl (C=O) groups is 1. The van der Waals surface area contributed by atoms with Crippen LogP contribution in [0.3, 0.4) is 0 Å². The summed E-state index contributed by atoms with van der Waals surface area (Å²) in [7, 11) is 2.00. The molecule has 1 aromatic carbocycles. The summed E-state index contributed by atoms with van der Waals surface area (Å²) in [5.41, 5.74) is 1.10. The summed E-state index contributed by atoms with van der Waals surface area (Å²) < 4.78 is 0. The monoisotopic (exact) mass is 375 g/mol. The lowest BCUT2D eigenvalue weighted by Crippen LogP contribution is -2.48. The van der Waals surface area contributed by atoms with Gasteiger partial charge in [-0.15, -0.1) is 24.8 Å². The van der Waals surface area contributed by atoms with E-state index in [1.54, 1.807) is 0 Å². The highest BCUT2D eigenvalue weighted by Gasteiger charge is 2.31. The highest BCUT2D eigenvalue weighted by molar-refractivity contribution is 5.85. The summed E-state index contributed by atoms with van der Waals surface area (Å²) in [5.74, 6) is 0.254. The smallest absolute Gasteiger partial charge is 0.244 e. The van der Waals surface area contributed by atoms with Gasteiger partial charge in [0.1, 0.15) is 6.04 Å². The Bertz CT molecular complexity index is 461. The van der Waals surface area contributed by atoms with Crippen molar-refractivity contribution < 1.29 is 4.79 Å². The van der Waals surface area contributed by atoms with Crippen LogP contribution >= 0.6 is 24.8 Å². The zero-order valence-corrected chi connectivity index (χ0v) is 16.5. The van der Waals surface area contributed by atoms with E-state index in [2.05, 4.69) is 36.2 Å². The number of halogens is 2. The number of carbonyl (C=O) groups excluding carboxylic acids is 1. The summed E-state index contributed by atoms with van der Waals surface area (Å²) in [6, 6.07) is 10.6. The lowest BCUT2D eigenvalue weighted by Gasteiger charge is -2.37. The Morgan fingerprint density at radius 1 is 1.17 bits per heavy atom. The van der Waals surface area contributed by atoms with Crippen LogP contribution in [0, 0.1) is 0 Å². The Hall–Kier alpha value is -0.810. The maximum Gasteiger partial charge on any atom is 0.244 e. The summed E-state index contributed by atoms with van der Waals surface area (Å²) in [4.78, 5) is 17.4. The quantitative estimate of drug-likeness (QED) is 0.829. The van der Waals surface area contributed by atoms with Crippen molar-refractivity contribution in [3.05, 3.63) is 35.9 Å². The number of amides is 1. The Morgan fingerprint density at radius 2 is 1.71 bits per heavy atom. The van der Waals surface area contributed by atoms with Crippen molar-refractivity contribution in [2.24, 2.45) is 0 Å². The minimum absolute atomic E-state index is 0. The zero-order chi connectivity index (χ0) is 15.9. The van der Waals surface area contributed by atoms with E-state index in [4.69, 9.17) is 0 Å². The summed E-state index contributed by atoms with van der Waals surface area (Å²) in [6.45, 7) is 7.73. The first-order valence-corrected chi connectivity index (χ1v) is 8.46. The first kappa shape index (κ1) is 23.2. The fourth-order valence-electron chi connectivity index (χ4n) is 3.30. The second kappa shape index (κ2) is 11.7. The van der Waals surface area contributed by atoms with E-state index in [1.165, 1.54) is 0 Å². The van der Waals surface area contributed by atoms with Crippen LogP contribution < -0.4 is 5.32 Å². The molecule has 0 saturated carbocycles. The summed E-state index contributed by atoms with van der Waals surface area (Å²) in [5, 5.41) is 3.32. The van der Waals surface area contributed by atoms with Crippen molar-refractivity contribution in [2.75, 3.05) is 33.2 Å². The average molecular weight is 376 g/mol. The van der Waals surface area contributed by atoms with Crippen LogP contribution in [-0.2, 0) is 4.79 Å². The molecule has 24 heavy (non-hydrogen) atoms. The molecule has 0 aliphatic carbocycles. The molecule has 1 aliphatic rings. The molecule has 1 atom stereocenters. The van der Waals surface area contributed by atoms with Gasteiger partial charge >= 0.3 is 0 Å². The van der Waals surface area contributed by atoms with Gasteiger partial charge in [0.2, 0.25) is 5.91 Å². The molecule has 1 amide bonds. The number of piperidine rings is 1. The van der Waals surface area contributed by atoms with Crippen molar-refractivity contribution in [1.82, 2.24) is 15.1 Å². The fraction of sp³-hybridized carbons (Fsp3) is 0.611. The first-order chi connectivity index (χ1) is 10.7. The number of likely N-dealkylation sites (tertiary alicyclic amines) is 1. The second-order valence-electron chi connectivity index (χ2n) is 5.92. The van der Waals surface area contributed by atoms with Crippen LogP contribution in [0.1, 0.15) is 38.3 Å². The highest BCUT2D eigenvalue weighted by Crippen LogP contribution is 2.24. The topological polar surface area (TPSA) is 35.6 Å². The molecule has 0 spiro atoms. The molecule has 6 heteroatoms. The standard InChI is InChI=1S/C18H29N3O.2ClH/c1-4-20(5-2)17(15-9-7-6-8-10-15)18(22)21-13-11-16(19-3)12-14-21;;/h6-10,16-17,19H,4-5,11-14H2,1-3H3;2*1H. The number of rotatable bonds is 6. The number of hydrogen-bond acceptors (Lipinski definition) is 3. The van der Waals surface area contributed by atoms with E-state index in [0.29, 0.717) is 6.04 Å². The van der Waals surface area contributed by atoms with Gasteiger partial charge in [-0.1, -0.05) is 44.2 Å². The Morgan fingerprint density at radius 3 is 2.17 bits per heavy atom.